The van der Waals surface area contributed by atoms with Gasteiger partial charge in [0.2, 0.25) is 0 Å². The van der Waals surface area contributed by atoms with Crippen molar-refractivity contribution in [2.75, 3.05) is 25.7 Å². The molecule has 1 N–H and O–H groups in total. The maximum atomic E-state index is 9.44. The summed E-state index contributed by atoms with van der Waals surface area (Å²) in [5, 5.41) is 13.7. The van der Waals surface area contributed by atoms with Gasteiger partial charge in [-0.3, -0.25) is 5.43 Å². The largest absolute Gasteiger partial charge is 0.490 e. The van der Waals surface area contributed by atoms with Crippen LogP contribution in [0.3, 0.4) is 0 Å². The number of ether oxygens (including phenoxy) is 3. The van der Waals surface area contributed by atoms with Crippen molar-refractivity contribution in [3.05, 3.63) is 46.6 Å². The predicted molar refractivity (Wildman–Crippen MR) is 104 cm³/mol. The number of nitrogens with zero attached hydrogens (tertiary/aromatic N) is 3. The van der Waals surface area contributed by atoms with E-state index < -0.39 is 0 Å². The lowest BCUT2D eigenvalue weighted by Gasteiger charge is -2.11. The Morgan fingerprint density at radius 2 is 1.93 bits per heavy atom. The predicted octanol–water partition coefficient (Wildman–Crippen LogP) is 3.65. The number of pyridine rings is 1. The minimum absolute atomic E-state index is 0.335. The molecule has 1 aromatic carbocycles. The minimum Gasteiger partial charge on any atom is -0.490 e. The zero-order valence-corrected chi connectivity index (χ0v) is 16.1. The molecular weight excluding hydrogens is 344 g/mol. The third kappa shape index (κ3) is 5.43. The van der Waals surface area contributed by atoms with Gasteiger partial charge in [-0.05, 0) is 50.6 Å². The number of rotatable bonds is 9. The molecule has 0 spiro atoms. The van der Waals surface area contributed by atoms with Gasteiger partial charge in [-0.15, -0.1) is 0 Å². The van der Waals surface area contributed by atoms with Crippen molar-refractivity contribution in [1.29, 1.82) is 5.26 Å². The highest BCUT2D eigenvalue weighted by Crippen LogP contribution is 2.28. The average molecular weight is 368 g/mol. The van der Waals surface area contributed by atoms with E-state index in [0.29, 0.717) is 42.7 Å². The van der Waals surface area contributed by atoms with Gasteiger partial charge < -0.3 is 14.2 Å². The van der Waals surface area contributed by atoms with Crippen LogP contribution in [0.1, 0.15) is 36.2 Å². The summed E-state index contributed by atoms with van der Waals surface area (Å²) in [6.07, 6.45) is 1.64. The van der Waals surface area contributed by atoms with Crippen LogP contribution in [0.2, 0.25) is 0 Å². The number of hydrogen-bond donors (Lipinski definition) is 1. The van der Waals surface area contributed by atoms with E-state index in [4.69, 9.17) is 14.2 Å². The highest BCUT2D eigenvalue weighted by Gasteiger charge is 2.11. The molecule has 2 aromatic rings. The molecular formula is C20H24N4O3. The SMILES string of the molecule is CCOc1ccc(/C=N\Nc2nc(C)cc(COC)c2C#N)cc1OCC. The van der Waals surface area contributed by atoms with Crippen LogP contribution in [0.4, 0.5) is 5.82 Å². The molecule has 27 heavy (non-hydrogen) atoms. The molecule has 2 rings (SSSR count). The van der Waals surface area contributed by atoms with Crippen LogP contribution in [-0.2, 0) is 11.3 Å². The molecule has 0 amide bonds. The lowest BCUT2D eigenvalue weighted by Crippen LogP contribution is -2.03. The number of nitriles is 1. The number of hydrogen-bond acceptors (Lipinski definition) is 7. The summed E-state index contributed by atoms with van der Waals surface area (Å²) in [4.78, 5) is 4.36. The van der Waals surface area contributed by atoms with E-state index in [2.05, 4.69) is 21.6 Å². The zero-order chi connectivity index (χ0) is 19.6. The number of nitrogens with one attached hydrogen (secondary N) is 1. The topological polar surface area (TPSA) is 88.8 Å². The first-order valence-electron chi connectivity index (χ1n) is 8.71. The summed E-state index contributed by atoms with van der Waals surface area (Å²) >= 11 is 0. The number of hydrazone groups is 1. The second-order valence-electron chi connectivity index (χ2n) is 5.63. The molecule has 142 valence electrons. The van der Waals surface area contributed by atoms with Crippen LogP contribution in [0.15, 0.2) is 29.4 Å². The normalized spacial score (nSPS) is 10.6. The van der Waals surface area contributed by atoms with Crippen LogP contribution in [0, 0.1) is 18.3 Å². The lowest BCUT2D eigenvalue weighted by atomic mass is 10.1. The summed E-state index contributed by atoms with van der Waals surface area (Å²) < 4.78 is 16.3. The van der Waals surface area contributed by atoms with Crippen molar-refractivity contribution < 1.29 is 14.2 Å². The van der Waals surface area contributed by atoms with E-state index in [9.17, 15) is 5.26 Å². The third-order valence-corrected chi connectivity index (χ3v) is 3.59. The van der Waals surface area contributed by atoms with E-state index in [1.54, 1.807) is 13.3 Å². The van der Waals surface area contributed by atoms with E-state index >= 15 is 0 Å². The molecule has 0 radical (unpaired) electrons. The van der Waals surface area contributed by atoms with Gasteiger partial charge in [0.15, 0.2) is 17.3 Å². The molecule has 0 atom stereocenters. The molecule has 1 aromatic heterocycles. The quantitative estimate of drug-likeness (QED) is 0.537. The summed E-state index contributed by atoms with van der Waals surface area (Å²) in [6.45, 7) is 7.14. The van der Waals surface area contributed by atoms with Gasteiger partial charge in [0.25, 0.3) is 0 Å². The summed E-state index contributed by atoms with van der Waals surface area (Å²) in [5.74, 6) is 1.76. The van der Waals surface area contributed by atoms with Crippen LogP contribution in [0.25, 0.3) is 0 Å². The first-order valence-corrected chi connectivity index (χ1v) is 8.71. The fraction of sp³-hybridized carbons (Fsp3) is 0.350. The van der Waals surface area contributed by atoms with Crippen molar-refractivity contribution in [3.8, 4) is 17.6 Å². The Morgan fingerprint density at radius 1 is 1.19 bits per heavy atom. The first kappa shape index (κ1) is 20.2. The van der Waals surface area contributed by atoms with Crippen molar-refractivity contribution in [3.63, 3.8) is 0 Å². The minimum atomic E-state index is 0.335. The Hall–Kier alpha value is -3.11. The van der Waals surface area contributed by atoms with Gasteiger partial charge in [-0.25, -0.2) is 4.98 Å². The highest BCUT2D eigenvalue weighted by atomic mass is 16.5. The Balaban J connectivity index is 2.22. The molecule has 0 fully saturated rings. The fourth-order valence-electron chi connectivity index (χ4n) is 2.53. The maximum Gasteiger partial charge on any atom is 0.164 e. The highest BCUT2D eigenvalue weighted by molar-refractivity contribution is 5.81. The van der Waals surface area contributed by atoms with Gasteiger partial charge in [0, 0.05) is 18.4 Å². The van der Waals surface area contributed by atoms with Gasteiger partial charge in [-0.1, -0.05) is 0 Å². The molecule has 0 bridgehead atoms. The molecule has 0 aliphatic carbocycles. The van der Waals surface area contributed by atoms with Gasteiger partial charge in [0.1, 0.15) is 11.6 Å². The van der Waals surface area contributed by atoms with Gasteiger partial charge in [-0.2, -0.15) is 10.4 Å². The number of aryl methyl sites for hydroxylation is 1. The number of methoxy groups -OCH3 is 1. The second kappa shape index (κ2) is 10.1. The molecule has 0 aliphatic rings. The van der Waals surface area contributed by atoms with Crippen LogP contribution in [-0.4, -0.2) is 31.5 Å². The molecule has 0 aliphatic heterocycles. The maximum absolute atomic E-state index is 9.44. The second-order valence-corrected chi connectivity index (χ2v) is 5.63. The Kier molecular flexibility index (Phi) is 7.59. The average Bonchev–Trinajstić information content (AvgIpc) is 2.64. The van der Waals surface area contributed by atoms with Crippen molar-refractivity contribution in [2.45, 2.75) is 27.4 Å². The van der Waals surface area contributed by atoms with E-state index in [0.717, 1.165) is 16.8 Å². The first-order chi connectivity index (χ1) is 13.1. The van der Waals surface area contributed by atoms with Crippen LogP contribution >= 0.6 is 0 Å². The Labute approximate surface area is 159 Å². The van der Waals surface area contributed by atoms with E-state index in [-0.39, 0.29) is 0 Å². The van der Waals surface area contributed by atoms with Crippen molar-refractivity contribution >= 4 is 12.0 Å². The van der Waals surface area contributed by atoms with Gasteiger partial charge in [0.05, 0.1) is 26.0 Å². The summed E-state index contributed by atoms with van der Waals surface area (Å²) in [6, 6.07) is 9.56. The lowest BCUT2D eigenvalue weighted by molar-refractivity contribution is 0.184. The molecule has 0 saturated carbocycles. The van der Waals surface area contributed by atoms with E-state index in [1.807, 2.05) is 45.0 Å². The monoisotopic (exact) mass is 368 g/mol. The summed E-state index contributed by atoms with van der Waals surface area (Å²) in [7, 11) is 1.59. The fourth-order valence-corrected chi connectivity index (χ4v) is 2.53. The number of benzene rings is 1. The molecule has 7 nitrogen and oxygen atoms in total. The van der Waals surface area contributed by atoms with Gasteiger partial charge >= 0.3 is 0 Å². The van der Waals surface area contributed by atoms with Crippen LogP contribution < -0.4 is 14.9 Å². The smallest absolute Gasteiger partial charge is 0.164 e. The molecule has 1 heterocycles. The zero-order valence-electron chi connectivity index (χ0n) is 16.1. The van der Waals surface area contributed by atoms with Crippen LogP contribution in [0.5, 0.6) is 11.5 Å². The number of aromatic nitrogens is 1. The third-order valence-electron chi connectivity index (χ3n) is 3.59. The molecule has 7 heteroatoms. The van der Waals surface area contributed by atoms with Crippen molar-refractivity contribution in [1.82, 2.24) is 4.98 Å². The van der Waals surface area contributed by atoms with E-state index in [1.165, 1.54) is 0 Å². The standard InChI is InChI=1S/C20H24N4O3/c1-5-26-18-8-7-15(10-19(18)27-6-2)12-22-24-20-17(11-21)16(13-25-4)9-14(3)23-20/h7-10,12H,5-6,13H2,1-4H3,(H,23,24)/b22-12-. The number of anilines is 1. The molecule has 0 saturated heterocycles. The molecule has 0 unspecified atom stereocenters. The van der Waals surface area contributed by atoms with Crippen molar-refractivity contribution in [2.24, 2.45) is 5.10 Å². The Morgan fingerprint density at radius 3 is 2.59 bits per heavy atom. The Bertz CT molecular complexity index is 844. The summed E-state index contributed by atoms with van der Waals surface area (Å²) in [5.41, 5.74) is 5.65.